The van der Waals surface area contributed by atoms with E-state index in [9.17, 15) is 4.79 Å². The molecule has 2 aromatic rings. The fourth-order valence-corrected chi connectivity index (χ4v) is 2.46. The molecular formula is C15H16N2OS. The Kier molecular flexibility index (Phi) is 4.58. The first kappa shape index (κ1) is 13.6. The topological polar surface area (TPSA) is 56.0 Å². The zero-order chi connectivity index (χ0) is 13.7. The molecule has 1 heterocycles. The highest BCUT2D eigenvalue weighted by Gasteiger charge is 2.07. The minimum atomic E-state index is 0.0960. The van der Waals surface area contributed by atoms with Crippen LogP contribution >= 0.6 is 11.8 Å². The molecule has 0 spiro atoms. The molecule has 0 saturated heterocycles. The number of ketones is 1. The fraction of sp³-hybridized carbons (Fsp3) is 0.200. The van der Waals surface area contributed by atoms with Crippen molar-refractivity contribution in [2.75, 3.05) is 11.5 Å². The minimum absolute atomic E-state index is 0.0960. The normalized spacial score (nSPS) is 10.4. The van der Waals surface area contributed by atoms with E-state index in [0.717, 1.165) is 16.9 Å². The average molecular weight is 272 g/mol. The average Bonchev–Trinajstić information content (AvgIpc) is 2.40. The molecule has 0 aliphatic carbocycles. The number of hydrogen-bond donors (Lipinski definition) is 1. The van der Waals surface area contributed by atoms with Crippen LogP contribution in [0.2, 0.25) is 0 Å². The number of benzene rings is 1. The lowest BCUT2D eigenvalue weighted by Gasteiger charge is -2.04. The number of carbonyl (C=O) groups excluding carboxylic acids is 1. The quantitative estimate of drug-likeness (QED) is 0.671. The summed E-state index contributed by atoms with van der Waals surface area (Å²) in [6.07, 6.45) is 1.98. The van der Waals surface area contributed by atoms with Gasteiger partial charge in [-0.15, -0.1) is 11.8 Å². The molecule has 0 radical (unpaired) electrons. The Hall–Kier alpha value is -1.81. The van der Waals surface area contributed by atoms with Crippen molar-refractivity contribution in [2.24, 2.45) is 0 Å². The first-order valence-corrected chi connectivity index (χ1v) is 7.14. The second-order valence-corrected chi connectivity index (χ2v) is 5.48. The van der Waals surface area contributed by atoms with Crippen molar-refractivity contribution in [2.45, 2.75) is 18.2 Å². The molecule has 0 amide bonds. The van der Waals surface area contributed by atoms with Crippen molar-refractivity contribution in [1.29, 1.82) is 0 Å². The highest BCUT2D eigenvalue weighted by molar-refractivity contribution is 7.99. The number of nitrogen functional groups attached to an aromatic ring is 1. The van der Waals surface area contributed by atoms with E-state index in [-0.39, 0.29) is 5.78 Å². The Labute approximate surface area is 117 Å². The summed E-state index contributed by atoms with van der Waals surface area (Å²) in [7, 11) is 0. The largest absolute Gasteiger partial charge is 0.384 e. The zero-order valence-corrected chi connectivity index (χ0v) is 11.6. The Balaban J connectivity index is 2.07. The Morgan fingerprint density at radius 2 is 2.00 bits per heavy atom. The smallest absolute Gasteiger partial charge is 0.167 e. The van der Waals surface area contributed by atoms with Crippen LogP contribution in [-0.4, -0.2) is 16.5 Å². The SMILES string of the molecule is CCSc1ccc(C(=O)Cc2ccnc(N)c2)cc1. The number of Topliss-reactive ketones (excluding diaryl/α,β-unsaturated/α-hetero) is 1. The summed E-state index contributed by atoms with van der Waals surface area (Å²) in [4.78, 5) is 17.2. The third-order valence-electron chi connectivity index (χ3n) is 2.70. The Bertz CT molecular complexity index is 567. The second-order valence-electron chi connectivity index (χ2n) is 4.15. The third-order valence-corrected chi connectivity index (χ3v) is 3.59. The summed E-state index contributed by atoms with van der Waals surface area (Å²) < 4.78 is 0. The zero-order valence-electron chi connectivity index (χ0n) is 10.8. The highest BCUT2D eigenvalue weighted by atomic mass is 32.2. The van der Waals surface area contributed by atoms with E-state index in [0.29, 0.717) is 12.2 Å². The van der Waals surface area contributed by atoms with Crippen molar-refractivity contribution in [3.8, 4) is 0 Å². The van der Waals surface area contributed by atoms with Gasteiger partial charge in [0.25, 0.3) is 0 Å². The molecule has 1 aromatic carbocycles. The predicted octanol–water partition coefficient (Wildman–Crippen LogP) is 3.20. The molecule has 0 fully saturated rings. The number of carbonyl (C=O) groups is 1. The Morgan fingerprint density at radius 3 is 2.63 bits per heavy atom. The van der Waals surface area contributed by atoms with Gasteiger partial charge in [0.1, 0.15) is 5.82 Å². The first-order chi connectivity index (χ1) is 9.19. The number of aromatic nitrogens is 1. The van der Waals surface area contributed by atoms with Gasteiger partial charge in [-0.3, -0.25) is 4.79 Å². The summed E-state index contributed by atoms with van der Waals surface area (Å²) >= 11 is 1.77. The van der Waals surface area contributed by atoms with Crippen LogP contribution in [0, 0.1) is 0 Å². The summed E-state index contributed by atoms with van der Waals surface area (Å²) in [5.41, 5.74) is 7.23. The van der Waals surface area contributed by atoms with E-state index in [1.807, 2.05) is 30.3 Å². The molecule has 0 saturated carbocycles. The van der Waals surface area contributed by atoms with E-state index in [1.165, 1.54) is 4.90 Å². The minimum Gasteiger partial charge on any atom is -0.384 e. The van der Waals surface area contributed by atoms with E-state index in [2.05, 4.69) is 11.9 Å². The van der Waals surface area contributed by atoms with E-state index < -0.39 is 0 Å². The number of thioether (sulfide) groups is 1. The van der Waals surface area contributed by atoms with Crippen LogP contribution in [-0.2, 0) is 6.42 Å². The summed E-state index contributed by atoms with van der Waals surface area (Å²) in [6.45, 7) is 2.11. The monoisotopic (exact) mass is 272 g/mol. The number of anilines is 1. The van der Waals surface area contributed by atoms with Gasteiger partial charge in [-0.2, -0.15) is 0 Å². The second kappa shape index (κ2) is 6.38. The van der Waals surface area contributed by atoms with Gasteiger partial charge in [0, 0.05) is 23.1 Å². The van der Waals surface area contributed by atoms with Crippen LogP contribution < -0.4 is 5.73 Å². The van der Waals surface area contributed by atoms with Gasteiger partial charge in [0.2, 0.25) is 0 Å². The number of rotatable bonds is 5. The van der Waals surface area contributed by atoms with Gasteiger partial charge in [-0.25, -0.2) is 4.98 Å². The molecule has 3 nitrogen and oxygen atoms in total. The van der Waals surface area contributed by atoms with Crippen molar-refractivity contribution < 1.29 is 4.79 Å². The maximum Gasteiger partial charge on any atom is 0.167 e. The fourth-order valence-electron chi connectivity index (χ4n) is 1.80. The molecule has 0 atom stereocenters. The van der Waals surface area contributed by atoms with Gasteiger partial charge in [0.15, 0.2) is 5.78 Å². The van der Waals surface area contributed by atoms with Gasteiger partial charge in [-0.1, -0.05) is 19.1 Å². The number of nitrogens with zero attached hydrogens (tertiary/aromatic N) is 1. The van der Waals surface area contributed by atoms with Crippen LogP contribution in [0.25, 0.3) is 0 Å². The lowest BCUT2D eigenvalue weighted by Crippen LogP contribution is -2.04. The first-order valence-electron chi connectivity index (χ1n) is 6.15. The van der Waals surface area contributed by atoms with Crippen LogP contribution in [0.15, 0.2) is 47.5 Å². The molecule has 0 bridgehead atoms. The molecular weight excluding hydrogens is 256 g/mol. The molecule has 0 aliphatic heterocycles. The Morgan fingerprint density at radius 1 is 1.26 bits per heavy atom. The maximum absolute atomic E-state index is 12.1. The van der Waals surface area contributed by atoms with Gasteiger partial charge in [-0.05, 0) is 35.6 Å². The number of hydrogen-bond acceptors (Lipinski definition) is 4. The maximum atomic E-state index is 12.1. The molecule has 4 heteroatoms. The van der Waals surface area contributed by atoms with E-state index in [4.69, 9.17) is 5.73 Å². The lowest BCUT2D eigenvalue weighted by molar-refractivity contribution is 0.0993. The number of pyridine rings is 1. The summed E-state index contributed by atoms with van der Waals surface area (Å²) in [5, 5.41) is 0. The predicted molar refractivity (Wildman–Crippen MR) is 79.5 cm³/mol. The molecule has 98 valence electrons. The molecule has 2 N–H and O–H groups in total. The van der Waals surface area contributed by atoms with Gasteiger partial charge in [0.05, 0.1) is 0 Å². The molecule has 0 aliphatic rings. The van der Waals surface area contributed by atoms with Crippen LogP contribution in [0.3, 0.4) is 0 Å². The molecule has 1 aromatic heterocycles. The van der Waals surface area contributed by atoms with Crippen molar-refractivity contribution in [1.82, 2.24) is 4.98 Å². The van der Waals surface area contributed by atoms with E-state index in [1.54, 1.807) is 24.0 Å². The molecule has 2 rings (SSSR count). The summed E-state index contributed by atoms with van der Waals surface area (Å²) in [6, 6.07) is 11.3. The van der Waals surface area contributed by atoms with E-state index >= 15 is 0 Å². The van der Waals surface area contributed by atoms with Crippen LogP contribution in [0.5, 0.6) is 0 Å². The highest BCUT2D eigenvalue weighted by Crippen LogP contribution is 2.18. The molecule has 19 heavy (non-hydrogen) atoms. The number of nitrogens with two attached hydrogens (primary N) is 1. The standard InChI is InChI=1S/C15H16N2OS/c1-2-19-13-5-3-12(4-6-13)14(18)9-11-7-8-17-15(16)10-11/h3-8,10H,2,9H2,1H3,(H2,16,17). The van der Waals surface area contributed by atoms with Crippen molar-refractivity contribution >= 4 is 23.4 Å². The van der Waals surface area contributed by atoms with Crippen LogP contribution in [0.1, 0.15) is 22.8 Å². The summed E-state index contributed by atoms with van der Waals surface area (Å²) in [5.74, 6) is 1.57. The lowest BCUT2D eigenvalue weighted by atomic mass is 10.0. The van der Waals surface area contributed by atoms with Crippen LogP contribution in [0.4, 0.5) is 5.82 Å². The van der Waals surface area contributed by atoms with Gasteiger partial charge < -0.3 is 5.73 Å². The molecule has 0 unspecified atom stereocenters. The van der Waals surface area contributed by atoms with Gasteiger partial charge >= 0.3 is 0 Å². The third kappa shape index (κ3) is 3.83. The van der Waals surface area contributed by atoms with Crippen molar-refractivity contribution in [3.63, 3.8) is 0 Å². The van der Waals surface area contributed by atoms with Crippen molar-refractivity contribution in [3.05, 3.63) is 53.7 Å².